The molecule has 4 heterocycles. The highest BCUT2D eigenvalue weighted by molar-refractivity contribution is 8.00. The van der Waals surface area contributed by atoms with Gasteiger partial charge in [0.1, 0.15) is 11.5 Å². The van der Waals surface area contributed by atoms with E-state index >= 15 is 0 Å². The minimum Gasteiger partial charge on any atom is -0.426 e. The van der Waals surface area contributed by atoms with Gasteiger partial charge in [0, 0.05) is 35.7 Å². The van der Waals surface area contributed by atoms with E-state index in [1.807, 2.05) is 20.8 Å². The summed E-state index contributed by atoms with van der Waals surface area (Å²) in [6.45, 7) is 14.7. The van der Waals surface area contributed by atoms with Gasteiger partial charge in [-0.1, -0.05) is 58.2 Å². The summed E-state index contributed by atoms with van der Waals surface area (Å²) in [5.41, 5.74) is 4.52. The van der Waals surface area contributed by atoms with Gasteiger partial charge < -0.3 is 20.1 Å². The van der Waals surface area contributed by atoms with Gasteiger partial charge in [-0.05, 0) is 75.7 Å². The highest BCUT2D eigenvalue weighted by Crippen LogP contribution is 2.25. The van der Waals surface area contributed by atoms with Gasteiger partial charge in [0.25, 0.3) is 11.8 Å². The van der Waals surface area contributed by atoms with Gasteiger partial charge in [-0.3, -0.25) is 19.2 Å². The summed E-state index contributed by atoms with van der Waals surface area (Å²) >= 11 is 2.75. The van der Waals surface area contributed by atoms with Crippen LogP contribution in [0.3, 0.4) is 0 Å². The number of carbonyl (C=O) groups excluding carboxylic acids is 4. The van der Waals surface area contributed by atoms with E-state index in [0.29, 0.717) is 34.1 Å². The molecule has 4 aliphatic rings. The number of amides is 2. The fourth-order valence-electron chi connectivity index (χ4n) is 4.28. The summed E-state index contributed by atoms with van der Waals surface area (Å²) in [6.07, 6.45) is 0. The number of nitrogens with one attached hydrogen (secondary N) is 2. The molecule has 0 aliphatic carbocycles. The summed E-state index contributed by atoms with van der Waals surface area (Å²) in [5.74, 6) is 0.670. The SMILES string of the molecule is C=C1CSCC(=O)Oc2ccc(cc2)CNC(=O)c2cc(cc(C(C)(C)C)c2)C(=O)NCc2ccc(cc2)OC(=O)CSCC1=C. The van der Waals surface area contributed by atoms with Crippen molar-refractivity contribution in [3.05, 3.63) is 119 Å². The molecule has 6 bridgehead atoms. The first-order chi connectivity index (χ1) is 21.9. The molecule has 240 valence electrons. The van der Waals surface area contributed by atoms with Crippen LogP contribution in [0.5, 0.6) is 11.5 Å². The maximum atomic E-state index is 13.2. The molecule has 46 heavy (non-hydrogen) atoms. The Morgan fingerprint density at radius 2 is 1.00 bits per heavy atom. The average Bonchev–Trinajstić information content (AvgIpc) is 3.02. The van der Waals surface area contributed by atoms with E-state index in [2.05, 4.69) is 23.8 Å². The Morgan fingerprint density at radius 3 is 1.37 bits per heavy atom. The lowest BCUT2D eigenvalue weighted by Gasteiger charge is -2.21. The molecule has 3 aromatic carbocycles. The maximum Gasteiger partial charge on any atom is 0.321 e. The van der Waals surface area contributed by atoms with Crippen molar-refractivity contribution >= 4 is 47.3 Å². The van der Waals surface area contributed by atoms with Crippen LogP contribution in [0, 0.1) is 0 Å². The number of benzene rings is 3. The van der Waals surface area contributed by atoms with Crippen molar-refractivity contribution in [1.29, 1.82) is 0 Å². The fourth-order valence-corrected chi connectivity index (χ4v) is 5.84. The lowest BCUT2D eigenvalue weighted by molar-refractivity contribution is -0.132. The normalized spacial score (nSPS) is 16.4. The maximum absolute atomic E-state index is 13.2. The molecule has 4 aliphatic heterocycles. The predicted molar refractivity (Wildman–Crippen MR) is 185 cm³/mol. The molecule has 2 amide bonds. The first-order valence-electron chi connectivity index (χ1n) is 14.7. The van der Waals surface area contributed by atoms with Gasteiger partial charge in [0.15, 0.2) is 0 Å². The fraction of sp³-hybridized carbons (Fsp3) is 0.278. The molecule has 0 aromatic heterocycles. The van der Waals surface area contributed by atoms with Crippen molar-refractivity contribution in [3.8, 4) is 11.5 Å². The average molecular weight is 659 g/mol. The predicted octanol–water partition coefficient (Wildman–Crippen LogP) is 6.25. The van der Waals surface area contributed by atoms with Crippen LogP contribution in [-0.2, 0) is 28.1 Å². The van der Waals surface area contributed by atoms with Crippen LogP contribution in [0.2, 0.25) is 0 Å². The second kappa shape index (κ2) is 15.8. The zero-order valence-corrected chi connectivity index (χ0v) is 27.9. The van der Waals surface area contributed by atoms with Gasteiger partial charge in [0.2, 0.25) is 0 Å². The van der Waals surface area contributed by atoms with Crippen molar-refractivity contribution in [2.45, 2.75) is 39.3 Å². The van der Waals surface area contributed by atoms with E-state index in [4.69, 9.17) is 9.47 Å². The molecule has 0 saturated carbocycles. The van der Waals surface area contributed by atoms with Gasteiger partial charge in [-0.15, -0.1) is 23.5 Å². The van der Waals surface area contributed by atoms with Crippen LogP contribution in [0.15, 0.2) is 91.0 Å². The number of thioether (sulfide) groups is 2. The standard InChI is InChI=1S/C36H38N2O6S2/c1-23-19-45-21-32(39)43-30-10-6-25(7-11-30)17-37-34(41)27-14-28(16-29(15-27)36(3,4)5)35(42)38-18-26-8-12-31(13-9-26)44-33(40)22-46-20-24(23)2/h6-16H,1-2,17-22H2,3-5H3,(H,37,41)(H,38,42). The smallest absolute Gasteiger partial charge is 0.321 e. The minimum absolute atomic E-state index is 0.135. The third-order valence-corrected chi connectivity index (χ3v) is 9.02. The third-order valence-electron chi connectivity index (χ3n) is 7.03. The summed E-state index contributed by atoms with van der Waals surface area (Å²) in [4.78, 5) is 51.2. The molecular formula is C36H38N2O6S2. The number of rotatable bonds is 0. The van der Waals surface area contributed by atoms with Crippen molar-refractivity contribution in [2.24, 2.45) is 0 Å². The number of ether oxygens (including phenoxy) is 2. The van der Waals surface area contributed by atoms with Crippen LogP contribution in [0.1, 0.15) is 58.2 Å². The Hall–Kier alpha value is -4.28. The number of esters is 2. The lowest BCUT2D eigenvalue weighted by atomic mass is 9.85. The van der Waals surface area contributed by atoms with Crippen molar-refractivity contribution in [2.75, 3.05) is 23.0 Å². The quantitative estimate of drug-likeness (QED) is 0.216. The Balaban J connectivity index is 1.52. The first-order valence-corrected chi connectivity index (χ1v) is 17.0. The number of hydrogen-bond acceptors (Lipinski definition) is 8. The van der Waals surface area contributed by atoms with Crippen LogP contribution in [0.25, 0.3) is 0 Å². The molecule has 0 spiro atoms. The third kappa shape index (κ3) is 10.4. The molecule has 0 fully saturated rings. The number of hydrogen-bond donors (Lipinski definition) is 2. The Labute approximate surface area is 278 Å². The summed E-state index contributed by atoms with van der Waals surface area (Å²) in [6, 6.07) is 19.0. The van der Waals surface area contributed by atoms with E-state index in [-0.39, 0.29) is 41.8 Å². The second-order valence-corrected chi connectivity index (χ2v) is 13.8. The molecular weight excluding hydrogens is 621 g/mol. The highest BCUT2D eigenvalue weighted by Gasteiger charge is 2.20. The molecule has 8 nitrogen and oxygen atoms in total. The Morgan fingerprint density at radius 1 is 0.609 bits per heavy atom. The van der Waals surface area contributed by atoms with E-state index in [9.17, 15) is 19.2 Å². The summed E-state index contributed by atoms with van der Waals surface area (Å²) in [7, 11) is 0. The van der Waals surface area contributed by atoms with E-state index in [1.165, 1.54) is 23.5 Å². The Bertz CT molecular complexity index is 1510. The molecule has 0 unspecified atom stereocenters. The number of carbonyl (C=O) groups is 4. The highest BCUT2D eigenvalue weighted by atomic mass is 32.2. The lowest BCUT2D eigenvalue weighted by Crippen LogP contribution is -2.27. The van der Waals surface area contributed by atoms with Crippen molar-refractivity contribution in [3.63, 3.8) is 0 Å². The largest absolute Gasteiger partial charge is 0.426 e. The second-order valence-electron chi connectivity index (χ2n) is 11.8. The van der Waals surface area contributed by atoms with Crippen LogP contribution in [0.4, 0.5) is 0 Å². The van der Waals surface area contributed by atoms with Crippen LogP contribution >= 0.6 is 23.5 Å². The zero-order chi connectivity index (χ0) is 33.3. The minimum atomic E-state index is -0.392. The Kier molecular flexibility index (Phi) is 11.9. The molecule has 2 N–H and O–H groups in total. The van der Waals surface area contributed by atoms with E-state index in [1.54, 1.807) is 66.7 Å². The molecule has 10 heteroatoms. The molecule has 0 radical (unpaired) electrons. The van der Waals surface area contributed by atoms with E-state index < -0.39 is 11.9 Å². The monoisotopic (exact) mass is 658 g/mol. The van der Waals surface area contributed by atoms with Gasteiger partial charge in [-0.2, -0.15) is 0 Å². The molecule has 7 rings (SSSR count). The van der Waals surface area contributed by atoms with Crippen molar-refractivity contribution in [1.82, 2.24) is 10.6 Å². The molecule has 0 atom stereocenters. The first kappa shape index (κ1) is 34.6. The van der Waals surface area contributed by atoms with E-state index in [0.717, 1.165) is 27.8 Å². The van der Waals surface area contributed by atoms with Gasteiger partial charge in [-0.25, -0.2) is 0 Å². The van der Waals surface area contributed by atoms with Crippen molar-refractivity contribution < 1.29 is 28.7 Å². The van der Waals surface area contributed by atoms with Crippen LogP contribution in [-0.4, -0.2) is 46.8 Å². The summed E-state index contributed by atoms with van der Waals surface area (Å²) in [5, 5.41) is 5.84. The zero-order valence-electron chi connectivity index (χ0n) is 26.3. The molecule has 0 saturated heterocycles. The summed E-state index contributed by atoms with van der Waals surface area (Å²) < 4.78 is 10.9. The van der Waals surface area contributed by atoms with Gasteiger partial charge in [0.05, 0.1) is 11.5 Å². The van der Waals surface area contributed by atoms with Gasteiger partial charge >= 0.3 is 11.9 Å². The van der Waals surface area contributed by atoms with Crippen LogP contribution < -0.4 is 20.1 Å². The topological polar surface area (TPSA) is 111 Å². The molecule has 3 aromatic rings.